The van der Waals surface area contributed by atoms with Crippen LogP contribution in [0.15, 0.2) is 0 Å². The third kappa shape index (κ3) is 9.31. The number of alkyl carbamates (subject to hydrolysis) is 1. The molecule has 0 saturated carbocycles. The van der Waals surface area contributed by atoms with Crippen LogP contribution in [0.4, 0.5) is 4.79 Å². The van der Waals surface area contributed by atoms with Crippen molar-refractivity contribution in [3.8, 4) is 0 Å². The molecule has 7 heteroatoms. The van der Waals surface area contributed by atoms with Crippen LogP contribution in [0, 0.1) is 17.8 Å². The van der Waals surface area contributed by atoms with Gasteiger partial charge in [-0.1, -0.05) is 54.4 Å². The van der Waals surface area contributed by atoms with Crippen LogP contribution in [0.2, 0.25) is 0 Å². The number of carbonyl (C=O) groups is 3. The molecule has 0 aromatic rings. The maximum absolute atomic E-state index is 12.2. The normalized spacial score (nSPS) is 15.8. The molecular weight excluding hydrogens is 326 g/mol. The Morgan fingerprint density at radius 2 is 1.64 bits per heavy atom. The molecule has 0 saturated heterocycles. The molecule has 2 N–H and O–H groups in total. The number of hydrogen-bond acceptors (Lipinski definition) is 5. The zero-order valence-corrected chi connectivity index (χ0v) is 16.2. The van der Waals surface area contributed by atoms with Crippen molar-refractivity contribution < 1.29 is 29.0 Å². The Kier molecular flexibility index (Phi) is 10.9. The van der Waals surface area contributed by atoms with Crippen molar-refractivity contribution >= 4 is 18.0 Å². The third-order valence-corrected chi connectivity index (χ3v) is 4.28. The largest absolute Gasteiger partial charge is 0.481 e. The minimum Gasteiger partial charge on any atom is -0.481 e. The minimum atomic E-state index is -0.999. The van der Waals surface area contributed by atoms with Gasteiger partial charge in [-0.3, -0.25) is 9.59 Å². The number of ether oxygens (including phenoxy) is 2. The zero-order chi connectivity index (χ0) is 19.6. The maximum atomic E-state index is 12.2. The Morgan fingerprint density at radius 1 is 1.04 bits per heavy atom. The van der Waals surface area contributed by atoms with Gasteiger partial charge < -0.3 is 19.9 Å². The summed E-state index contributed by atoms with van der Waals surface area (Å²) in [5.41, 5.74) is 0. The molecule has 0 bridgehead atoms. The smallest absolute Gasteiger partial charge is 0.410 e. The van der Waals surface area contributed by atoms with Crippen molar-refractivity contribution in [1.29, 1.82) is 0 Å². The van der Waals surface area contributed by atoms with Gasteiger partial charge in [-0.15, -0.1) is 0 Å². The number of esters is 1. The van der Waals surface area contributed by atoms with E-state index in [4.69, 9.17) is 14.6 Å². The van der Waals surface area contributed by atoms with Crippen molar-refractivity contribution in [2.45, 2.75) is 79.6 Å². The van der Waals surface area contributed by atoms with Gasteiger partial charge in [0.05, 0.1) is 6.42 Å². The Balaban J connectivity index is 4.93. The highest BCUT2D eigenvalue weighted by atomic mass is 16.7. The number of carboxylic acid groups (broad SMARTS) is 1. The van der Waals surface area contributed by atoms with Gasteiger partial charge in [0.1, 0.15) is 0 Å². The van der Waals surface area contributed by atoms with Crippen molar-refractivity contribution in [2.75, 3.05) is 0 Å². The first-order chi connectivity index (χ1) is 11.6. The third-order valence-electron chi connectivity index (χ3n) is 4.28. The Bertz CT molecular complexity index is 437. The van der Waals surface area contributed by atoms with E-state index in [-0.39, 0.29) is 30.6 Å². The first-order valence-corrected chi connectivity index (χ1v) is 9.00. The summed E-state index contributed by atoms with van der Waals surface area (Å²) in [6.07, 6.45) is 0.146. The summed E-state index contributed by atoms with van der Waals surface area (Å²) < 4.78 is 10.3. The molecule has 0 aromatic carbocycles. The highest BCUT2D eigenvalue weighted by Crippen LogP contribution is 2.22. The second-order valence-corrected chi connectivity index (χ2v) is 6.83. The van der Waals surface area contributed by atoms with E-state index in [9.17, 15) is 14.4 Å². The van der Waals surface area contributed by atoms with Gasteiger partial charge in [-0.25, -0.2) is 4.79 Å². The number of amides is 1. The maximum Gasteiger partial charge on any atom is 0.410 e. The van der Waals surface area contributed by atoms with Crippen molar-refractivity contribution in [3.63, 3.8) is 0 Å². The molecule has 7 nitrogen and oxygen atoms in total. The minimum absolute atomic E-state index is 0.0284. The van der Waals surface area contributed by atoms with Gasteiger partial charge in [-0.05, 0) is 11.8 Å². The van der Waals surface area contributed by atoms with Crippen LogP contribution in [0.3, 0.4) is 0 Å². The quantitative estimate of drug-likeness (QED) is 0.432. The summed E-state index contributed by atoms with van der Waals surface area (Å²) >= 11 is 0. The van der Waals surface area contributed by atoms with E-state index in [1.54, 1.807) is 20.8 Å². The predicted molar refractivity (Wildman–Crippen MR) is 93.9 cm³/mol. The van der Waals surface area contributed by atoms with Crippen molar-refractivity contribution in [2.24, 2.45) is 17.8 Å². The van der Waals surface area contributed by atoms with Crippen LogP contribution >= 0.6 is 0 Å². The molecule has 0 aliphatic carbocycles. The van der Waals surface area contributed by atoms with Crippen LogP contribution in [-0.4, -0.2) is 35.5 Å². The topological polar surface area (TPSA) is 102 Å². The summed E-state index contributed by atoms with van der Waals surface area (Å²) in [7, 11) is 0. The van der Waals surface area contributed by atoms with E-state index in [1.807, 2.05) is 13.8 Å². The lowest BCUT2D eigenvalue weighted by atomic mass is 9.84. The monoisotopic (exact) mass is 359 g/mol. The van der Waals surface area contributed by atoms with E-state index in [0.717, 1.165) is 12.8 Å². The fourth-order valence-electron chi connectivity index (χ4n) is 2.47. The molecular formula is C18H33NO6. The van der Waals surface area contributed by atoms with Gasteiger partial charge in [-0.2, -0.15) is 0 Å². The zero-order valence-electron chi connectivity index (χ0n) is 16.2. The lowest BCUT2D eigenvalue weighted by Gasteiger charge is -2.29. The molecule has 0 aliphatic heterocycles. The van der Waals surface area contributed by atoms with E-state index in [2.05, 4.69) is 12.2 Å². The number of hydrogen-bond donors (Lipinski definition) is 2. The van der Waals surface area contributed by atoms with E-state index >= 15 is 0 Å². The van der Waals surface area contributed by atoms with Gasteiger partial charge in [0, 0.05) is 18.4 Å². The molecule has 25 heavy (non-hydrogen) atoms. The summed E-state index contributed by atoms with van der Waals surface area (Å²) in [6, 6.07) is -0.554. The first kappa shape index (κ1) is 23.2. The number of nitrogens with one attached hydrogen (secondary N) is 1. The van der Waals surface area contributed by atoms with Gasteiger partial charge in [0.25, 0.3) is 6.29 Å². The Morgan fingerprint density at radius 3 is 2.08 bits per heavy atom. The molecule has 1 amide bonds. The fourth-order valence-corrected chi connectivity index (χ4v) is 2.47. The number of carbonyl (C=O) groups excluding carboxylic acids is 2. The fraction of sp³-hybridized carbons (Fsp3) is 0.833. The van der Waals surface area contributed by atoms with Gasteiger partial charge in [0.15, 0.2) is 0 Å². The Labute approximate surface area is 150 Å². The second-order valence-electron chi connectivity index (χ2n) is 6.83. The van der Waals surface area contributed by atoms with E-state index in [0.29, 0.717) is 0 Å². The summed E-state index contributed by atoms with van der Waals surface area (Å²) in [6.45, 7) is 11.2. The molecule has 4 atom stereocenters. The average Bonchev–Trinajstić information content (AvgIpc) is 2.52. The lowest BCUT2D eigenvalue weighted by Crippen LogP contribution is -2.45. The van der Waals surface area contributed by atoms with E-state index in [1.165, 1.54) is 0 Å². The van der Waals surface area contributed by atoms with Crippen LogP contribution in [0.25, 0.3) is 0 Å². The first-order valence-electron chi connectivity index (χ1n) is 9.00. The molecule has 0 aliphatic rings. The van der Waals surface area contributed by atoms with Crippen LogP contribution in [-0.2, 0) is 19.1 Å². The number of carboxylic acids is 1. The molecule has 0 unspecified atom stereocenters. The molecule has 0 aromatic heterocycles. The molecule has 0 radical (unpaired) electrons. The molecule has 0 fully saturated rings. The standard InChI is InChI=1S/C18H33NO6/c1-7-9-12(5)13(6)14(10-15(20)21)19-18(23)25-17(11(3)4)24-16(22)8-2/h11-14,17H,7-10H2,1-6H3,(H,19,23)(H,20,21)/t12-,13-,14-,17-/m1/s1. The summed E-state index contributed by atoms with van der Waals surface area (Å²) in [5.74, 6) is -1.43. The average molecular weight is 359 g/mol. The Hall–Kier alpha value is -1.79. The van der Waals surface area contributed by atoms with Gasteiger partial charge in [0.2, 0.25) is 0 Å². The highest BCUT2D eigenvalue weighted by molar-refractivity contribution is 5.72. The van der Waals surface area contributed by atoms with Crippen molar-refractivity contribution in [1.82, 2.24) is 5.32 Å². The SMILES string of the molecule is CCC[C@@H](C)[C@@H](C)[C@@H](CC(=O)O)NC(=O)O[C@@H](OC(=O)CC)C(C)C. The van der Waals surface area contributed by atoms with Gasteiger partial charge >= 0.3 is 18.0 Å². The van der Waals surface area contributed by atoms with E-state index < -0.39 is 30.4 Å². The predicted octanol–water partition coefficient (Wildman–Crippen LogP) is 3.56. The molecule has 0 spiro atoms. The lowest BCUT2D eigenvalue weighted by molar-refractivity contribution is -0.174. The van der Waals surface area contributed by atoms with Crippen LogP contribution in [0.1, 0.15) is 67.2 Å². The molecule has 146 valence electrons. The highest BCUT2D eigenvalue weighted by Gasteiger charge is 2.29. The van der Waals surface area contributed by atoms with Crippen LogP contribution < -0.4 is 5.32 Å². The number of rotatable bonds is 11. The summed E-state index contributed by atoms with van der Waals surface area (Å²) in [5, 5.41) is 11.7. The molecule has 0 rings (SSSR count). The molecule has 0 heterocycles. The second kappa shape index (κ2) is 11.7. The van der Waals surface area contributed by atoms with Crippen LogP contribution in [0.5, 0.6) is 0 Å². The van der Waals surface area contributed by atoms with Crippen molar-refractivity contribution in [3.05, 3.63) is 0 Å². The number of aliphatic carboxylic acids is 1. The summed E-state index contributed by atoms with van der Waals surface area (Å²) in [4.78, 5) is 34.8.